The van der Waals surface area contributed by atoms with Crippen LogP contribution < -0.4 is 19.5 Å². The Morgan fingerprint density at radius 2 is 1.79 bits per heavy atom. The van der Waals surface area contributed by atoms with Crippen LogP contribution in [0.25, 0.3) is 6.08 Å². The second kappa shape index (κ2) is 11.4. The fourth-order valence-corrected chi connectivity index (χ4v) is 3.55. The van der Waals surface area contributed by atoms with Gasteiger partial charge in [0.1, 0.15) is 24.0 Å². The zero-order valence-electron chi connectivity index (χ0n) is 17.9. The van der Waals surface area contributed by atoms with Gasteiger partial charge in [0, 0.05) is 9.50 Å². The summed E-state index contributed by atoms with van der Waals surface area (Å²) in [6.07, 6.45) is 1.46. The fraction of sp³-hybridized carbons (Fsp3) is 0.120. The second-order valence-corrected chi connectivity index (χ2v) is 8.06. The number of amides is 1. The van der Waals surface area contributed by atoms with Crippen molar-refractivity contribution in [3.63, 3.8) is 0 Å². The van der Waals surface area contributed by atoms with Crippen molar-refractivity contribution in [3.05, 3.63) is 86.9 Å². The summed E-state index contributed by atoms with van der Waals surface area (Å²) in [7, 11) is 3.00. The molecule has 0 atom stereocenters. The van der Waals surface area contributed by atoms with Crippen molar-refractivity contribution < 1.29 is 19.0 Å². The van der Waals surface area contributed by atoms with E-state index in [4.69, 9.17) is 25.8 Å². The molecule has 3 aromatic carbocycles. The van der Waals surface area contributed by atoms with Gasteiger partial charge in [0.25, 0.3) is 5.91 Å². The maximum atomic E-state index is 12.7. The molecule has 0 saturated heterocycles. The highest BCUT2D eigenvalue weighted by Crippen LogP contribution is 2.35. The summed E-state index contributed by atoms with van der Waals surface area (Å²) in [4.78, 5) is 12.7. The number of carbonyl (C=O) groups is 1. The first-order valence-corrected chi connectivity index (χ1v) is 10.9. The third-order valence-electron chi connectivity index (χ3n) is 4.59. The van der Waals surface area contributed by atoms with E-state index >= 15 is 0 Å². The molecule has 0 radical (unpaired) electrons. The van der Waals surface area contributed by atoms with Crippen LogP contribution in [0.5, 0.6) is 17.2 Å². The van der Waals surface area contributed by atoms with Gasteiger partial charge in [-0.2, -0.15) is 5.26 Å². The van der Waals surface area contributed by atoms with Gasteiger partial charge in [0.15, 0.2) is 11.5 Å². The number of nitrogens with zero attached hydrogens (tertiary/aromatic N) is 1. The lowest BCUT2D eigenvalue weighted by molar-refractivity contribution is -0.112. The van der Waals surface area contributed by atoms with E-state index < -0.39 is 5.91 Å². The predicted octanol–water partition coefficient (Wildman–Crippen LogP) is 6.24. The zero-order chi connectivity index (χ0) is 23.8. The van der Waals surface area contributed by atoms with Gasteiger partial charge in [-0.25, -0.2) is 0 Å². The molecule has 0 aliphatic rings. The van der Waals surface area contributed by atoms with E-state index in [0.717, 1.165) is 5.56 Å². The van der Waals surface area contributed by atoms with Crippen LogP contribution in [0.15, 0.2) is 70.7 Å². The van der Waals surface area contributed by atoms with E-state index in [9.17, 15) is 10.1 Å². The van der Waals surface area contributed by atoms with E-state index in [0.29, 0.717) is 44.6 Å². The smallest absolute Gasteiger partial charge is 0.266 e. The van der Waals surface area contributed by atoms with Gasteiger partial charge in [-0.1, -0.05) is 57.9 Å². The predicted molar refractivity (Wildman–Crippen MR) is 132 cm³/mol. The fourth-order valence-electron chi connectivity index (χ4n) is 2.94. The minimum Gasteiger partial charge on any atom is -0.495 e. The largest absolute Gasteiger partial charge is 0.495 e. The van der Waals surface area contributed by atoms with Gasteiger partial charge in [0.2, 0.25) is 0 Å². The number of hydrogen-bond donors (Lipinski definition) is 1. The lowest BCUT2D eigenvalue weighted by Gasteiger charge is -2.13. The molecule has 8 heteroatoms. The number of ether oxygens (including phenoxy) is 3. The van der Waals surface area contributed by atoms with Crippen LogP contribution >= 0.6 is 27.5 Å². The number of carbonyl (C=O) groups excluding carboxylic acids is 1. The van der Waals surface area contributed by atoms with Gasteiger partial charge in [-0.15, -0.1) is 0 Å². The molecule has 1 amide bonds. The highest BCUT2D eigenvalue weighted by atomic mass is 79.9. The number of rotatable bonds is 8. The highest BCUT2D eigenvalue weighted by Gasteiger charge is 2.16. The van der Waals surface area contributed by atoms with Crippen molar-refractivity contribution in [1.29, 1.82) is 5.26 Å². The molecular weight excluding hydrogens is 508 g/mol. The number of nitriles is 1. The third kappa shape index (κ3) is 6.28. The molecule has 0 aromatic heterocycles. The number of halogens is 2. The van der Waals surface area contributed by atoms with E-state index in [1.54, 1.807) is 30.3 Å². The van der Waals surface area contributed by atoms with Gasteiger partial charge in [-0.3, -0.25) is 4.79 Å². The Hall–Kier alpha value is -3.47. The first-order chi connectivity index (χ1) is 15.9. The molecule has 0 aliphatic heterocycles. The molecule has 0 fully saturated rings. The molecule has 0 aliphatic carbocycles. The Bertz CT molecular complexity index is 1220. The standard InChI is InChI=1S/C25H20BrClN2O4/c1-31-22-9-8-19(27)12-21(22)29-25(30)18(14-28)10-17-11-23(32-2)24(13-20(17)26)33-15-16-6-4-3-5-7-16/h3-13H,15H2,1-2H3,(H,29,30)/b18-10+. The topological polar surface area (TPSA) is 80.6 Å². The van der Waals surface area contributed by atoms with Crippen LogP contribution in [0.1, 0.15) is 11.1 Å². The molecular formula is C25H20BrClN2O4. The number of hydrogen-bond acceptors (Lipinski definition) is 5. The quantitative estimate of drug-likeness (QED) is 0.277. The van der Waals surface area contributed by atoms with Crippen molar-refractivity contribution in [2.45, 2.75) is 6.61 Å². The van der Waals surface area contributed by atoms with Gasteiger partial charge in [-0.05, 0) is 47.5 Å². The number of nitrogens with one attached hydrogen (secondary N) is 1. The lowest BCUT2D eigenvalue weighted by Crippen LogP contribution is -2.14. The summed E-state index contributed by atoms with van der Waals surface area (Å²) >= 11 is 9.50. The first-order valence-electron chi connectivity index (χ1n) is 9.76. The zero-order valence-corrected chi connectivity index (χ0v) is 20.2. The minimum absolute atomic E-state index is 0.113. The van der Waals surface area contributed by atoms with Crippen LogP contribution in [-0.4, -0.2) is 20.1 Å². The summed E-state index contributed by atoms with van der Waals surface area (Å²) in [5.74, 6) is 0.813. The molecule has 0 heterocycles. The van der Waals surface area contributed by atoms with E-state index in [1.807, 2.05) is 36.4 Å². The Morgan fingerprint density at radius 3 is 2.45 bits per heavy atom. The van der Waals surface area contributed by atoms with Gasteiger partial charge >= 0.3 is 0 Å². The summed E-state index contributed by atoms with van der Waals surface area (Å²) in [5.41, 5.74) is 1.83. The molecule has 33 heavy (non-hydrogen) atoms. The van der Waals surface area contributed by atoms with Crippen LogP contribution in [0, 0.1) is 11.3 Å². The third-order valence-corrected chi connectivity index (χ3v) is 5.52. The molecule has 0 bridgehead atoms. The Labute approximate surface area is 205 Å². The van der Waals surface area contributed by atoms with Crippen LogP contribution in [-0.2, 0) is 11.4 Å². The van der Waals surface area contributed by atoms with E-state index in [-0.39, 0.29) is 5.57 Å². The van der Waals surface area contributed by atoms with Crippen LogP contribution in [0.3, 0.4) is 0 Å². The van der Waals surface area contributed by atoms with Crippen molar-refractivity contribution in [2.24, 2.45) is 0 Å². The van der Waals surface area contributed by atoms with Crippen molar-refractivity contribution in [3.8, 4) is 23.3 Å². The van der Waals surface area contributed by atoms with Crippen molar-refractivity contribution >= 4 is 45.2 Å². The summed E-state index contributed by atoms with van der Waals surface area (Å²) in [6.45, 7) is 0.367. The normalized spacial score (nSPS) is 10.8. The first kappa shape index (κ1) is 24.2. The number of anilines is 1. The molecule has 168 valence electrons. The van der Waals surface area contributed by atoms with Crippen LogP contribution in [0.2, 0.25) is 5.02 Å². The monoisotopic (exact) mass is 526 g/mol. The van der Waals surface area contributed by atoms with Crippen molar-refractivity contribution in [2.75, 3.05) is 19.5 Å². The molecule has 3 rings (SSSR count). The van der Waals surface area contributed by atoms with Gasteiger partial charge < -0.3 is 19.5 Å². The minimum atomic E-state index is -0.603. The summed E-state index contributed by atoms with van der Waals surface area (Å²) < 4.78 is 17.2. The SMILES string of the molecule is COc1ccc(Cl)cc1NC(=O)/C(C#N)=C/c1cc(OC)c(OCc2ccccc2)cc1Br. The Balaban J connectivity index is 1.85. The maximum Gasteiger partial charge on any atom is 0.266 e. The Morgan fingerprint density at radius 1 is 1.06 bits per heavy atom. The molecule has 0 saturated carbocycles. The molecule has 6 nitrogen and oxygen atoms in total. The summed E-state index contributed by atoms with van der Waals surface area (Å²) in [6, 6.07) is 19.9. The van der Waals surface area contributed by atoms with Crippen LogP contribution in [0.4, 0.5) is 5.69 Å². The lowest BCUT2D eigenvalue weighted by atomic mass is 10.1. The molecule has 0 spiro atoms. The number of methoxy groups -OCH3 is 2. The Kier molecular flexibility index (Phi) is 8.36. The second-order valence-electron chi connectivity index (χ2n) is 6.77. The average Bonchev–Trinajstić information content (AvgIpc) is 2.82. The summed E-state index contributed by atoms with van der Waals surface area (Å²) in [5, 5.41) is 12.7. The molecule has 0 unspecified atom stereocenters. The molecule has 3 aromatic rings. The van der Waals surface area contributed by atoms with E-state index in [1.165, 1.54) is 20.3 Å². The van der Waals surface area contributed by atoms with Gasteiger partial charge in [0.05, 0.1) is 19.9 Å². The number of benzene rings is 3. The maximum absolute atomic E-state index is 12.7. The van der Waals surface area contributed by atoms with E-state index in [2.05, 4.69) is 21.2 Å². The van der Waals surface area contributed by atoms with Crippen molar-refractivity contribution in [1.82, 2.24) is 0 Å². The average molecular weight is 528 g/mol. The molecule has 1 N–H and O–H groups in total. The highest BCUT2D eigenvalue weighted by molar-refractivity contribution is 9.10.